The quantitative estimate of drug-likeness (QED) is 0.579. The highest BCUT2D eigenvalue weighted by molar-refractivity contribution is 7.99. The first-order chi connectivity index (χ1) is 8.66. The molecule has 0 aromatic carbocycles. The predicted octanol–water partition coefficient (Wildman–Crippen LogP) is -0.0582. The Hall–Kier alpha value is -1.50. The Labute approximate surface area is 110 Å². The molecule has 7 heteroatoms. The number of H-pyrrole nitrogens is 1. The van der Waals surface area contributed by atoms with Gasteiger partial charge in [-0.2, -0.15) is 11.8 Å². The molecule has 3 N–H and O–H groups in total. The van der Waals surface area contributed by atoms with Gasteiger partial charge in [-0.25, -0.2) is 9.98 Å². The van der Waals surface area contributed by atoms with Gasteiger partial charge in [0.05, 0.1) is 12.1 Å². The maximum Gasteiger partial charge on any atom is 0.255 e. The largest absolute Gasteiger partial charge is 0.370 e. The van der Waals surface area contributed by atoms with Crippen LogP contribution in [0.2, 0.25) is 0 Å². The van der Waals surface area contributed by atoms with E-state index in [9.17, 15) is 4.79 Å². The van der Waals surface area contributed by atoms with Crippen molar-refractivity contribution in [3.05, 3.63) is 27.9 Å². The van der Waals surface area contributed by atoms with Gasteiger partial charge in [-0.15, -0.1) is 0 Å². The van der Waals surface area contributed by atoms with Gasteiger partial charge in [-0.05, 0) is 6.92 Å². The van der Waals surface area contributed by atoms with E-state index in [1.54, 1.807) is 13.1 Å². The van der Waals surface area contributed by atoms with Crippen LogP contribution in [-0.4, -0.2) is 45.4 Å². The summed E-state index contributed by atoms with van der Waals surface area (Å²) in [6.07, 6.45) is 1.55. The molecular weight excluding hydrogens is 250 g/mol. The second kappa shape index (κ2) is 5.90. The lowest BCUT2D eigenvalue weighted by Gasteiger charge is -2.27. The van der Waals surface area contributed by atoms with Crippen molar-refractivity contribution in [1.82, 2.24) is 14.9 Å². The maximum atomic E-state index is 11.6. The van der Waals surface area contributed by atoms with E-state index in [0.29, 0.717) is 17.3 Å². The van der Waals surface area contributed by atoms with Crippen LogP contribution in [0.1, 0.15) is 11.4 Å². The second-order valence-corrected chi connectivity index (χ2v) is 5.32. The number of aliphatic imine (C=N–C) groups is 1. The molecule has 6 nitrogen and oxygen atoms in total. The third kappa shape index (κ3) is 3.25. The maximum absolute atomic E-state index is 11.6. The van der Waals surface area contributed by atoms with Crippen LogP contribution in [0.25, 0.3) is 0 Å². The molecule has 2 rings (SSSR count). The summed E-state index contributed by atoms with van der Waals surface area (Å²) in [4.78, 5) is 24.6. The molecule has 0 aliphatic carbocycles. The van der Waals surface area contributed by atoms with Crippen molar-refractivity contribution in [2.75, 3.05) is 24.6 Å². The molecule has 1 fully saturated rings. The lowest BCUT2D eigenvalue weighted by molar-refractivity contribution is 0.455. The summed E-state index contributed by atoms with van der Waals surface area (Å²) in [5.41, 5.74) is 6.30. The molecule has 0 atom stereocenters. The molecule has 1 aliphatic heterocycles. The minimum atomic E-state index is -0.145. The van der Waals surface area contributed by atoms with Crippen LogP contribution in [0.15, 0.2) is 16.0 Å². The molecule has 0 radical (unpaired) electrons. The fourth-order valence-corrected chi connectivity index (χ4v) is 2.58. The van der Waals surface area contributed by atoms with Crippen molar-refractivity contribution in [3.8, 4) is 0 Å². The monoisotopic (exact) mass is 267 g/mol. The van der Waals surface area contributed by atoms with Crippen LogP contribution in [0.5, 0.6) is 0 Å². The second-order valence-electron chi connectivity index (χ2n) is 4.10. The Morgan fingerprint density at radius 1 is 1.61 bits per heavy atom. The van der Waals surface area contributed by atoms with Gasteiger partial charge in [0.25, 0.3) is 5.56 Å². The van der Waals surface area contributed by atoms with Crippen molar-refractivity contribution in [3.63, 3.8) is 0 Å². The normalized spacial score (nSPS) is 16.9. The van der Waals surface area contributed by atoms with Crippen LogP contribution in [0.3, 0.4) is 0 Å². The van der Waals surface area contributed by atoms with Crippen molar-refractivity contribution < 1.29 is 0 Å². The summed E-state index contributed by atoms with van der Waals surface area (Å²) >= 11 is 1.92. The Balaban J connectivity index is 2.02. The van der Waals surface area contributed by atoms with Crippen molar-refractivity contribution in [1.29, 1.82) is 0 Å². The SMILES string of the molecule is Cc1ncc(CN=C(N)N2CCSCC2)c(=O)[nH]1. The van der Waals surface area contributed by atoms with Gasteiger partial charge in [0.1, 0.15) is 5.82 Å². The molecule has 0 amide bonds. The van der Waals surface area contributed by atoms with Gasteiger partial charge < -0.3 is 15.6 Å². The predicted molar refractivity (Wildman–Crippen MR) is 73.8 cm³/mol. The zero-order chi connectivity index (χ0) is 13.0. The van der Waals surface area contributed by atoms with Crippen LogP contribution < -0.4 is 11.3 Å². The molecule has 18 heavy (non-hydrogen) atoms. The Bertz CT molecular complexity index is 492. The molecule has 0 unspecified atom stereocenters. The summed E-state index contributed by atoms with van der Waals surface area (Å²) in [7, 11) is 0. The zero-order valence-corrected chi connectivity index (χ0v) is 11.2. The fraction of sp³-hybridized carbons (Fsp3) is 0.545. The molecule has 1 aliphatic rings. The van der Waals surface area contributed by atoms with Gasteiger partial charge in [-0.1, -0.05) is 0 Å². The fourth-order valence-electron chi connectivity index (χ4n) is 1.68. The molecule has 2 heterocycles. The Morgan fingerprint density at radius 3 is 3.00 bits per heavy atom. The zero-order valence-electron chi connectivity index (χ0n) is 10.3. The highest BCUT2D eigenvalue weighted by atomic mass is 32.2. The van der Waals surface area contributed by atoms with E-state index < -0.39 is 0 Å². The highest BCUT2D eigenvalue weighted by Crippen LogP contribution is 2.08. The van der Waals surface area contributed by atoms with Crippen molar-refractivity contribution in [2.45, 2.75) is 13.5 Å². The molecule has 0 bridgehead atoms. The van der Waals surface area contributed by atoms with E-state index in [1.807, 2.05) is 16.7 Å². The molecule has 0 spiro atoms. The number of rotatable bonds is 2. The number of nitrogens with one attached hydrogen (secondary N) is 1. The number of hydrogen-bond acceptors (Lipinski definition) is 4. The number of hydrogen-bond donors (Lipinski definition) is 2. The van der Waals surface area contributed by atoms with Gasteiger partial charge in [0.15, 0.2) is 5.96 Å². The number of nitrogens with two attached hydrogens (primary N) is 1. The first-order valence-electron chi connectivity index (χ1n) is 5.84. The number of thioether (sulfide) groups is 1. The van der Waals surface area contributed by atoms with Crippen LogP contribution in [-0.2, 0) is 6.54 Å². The minimum Gasteiger partial charge on any atom is -0.370 e. The standard InChI is InChI=1S/C11H17N5OS/c1-8-13-6-9(10(17)15-8)7-14-11(12)16-2-4-18-5-3-16/h6H,2-5,7H2,1H3,(H2,12,14)(H,13,15,17). The molecule has 1 aromatic heterocycles. The van der Waals surface area contributed by atoms with Gasteiger partial charge in [0.2, 0.25) is 0 Å². The van der Waals surface area contributed by atoms with E-state index >= 15 is 0 Å². The van der Waals surface area contributed by atoms with E-state index in [0.717, 1.165) is 24.6 Å². The average molecular weight is 267 g/mol. The number of aryl methyl sites for hydroxylation is 1. The molecule has 1 saturated heterocycles. The summed E-state index contributed by atoms with van der Waals surface area (Å²) < 4.78 is 0. The lowest BCUT2D eigenvalue weighted by atomic mass is 10.3. The molecule has 98 valence electrons. The molecule has 0 saturated carbocycles. The van der Waals surface area contributed by atoms with Gasteiger partial charge >= 0.3 is 0 Å². The summed E-state index contributed by atoms with van der Waals surface area (Å²) in [5, 5.41) is 0. The van der Waals surface area contributed by atoms with E-state index in [2.05, 4.69) is 15.0 Å². The van der Waals surface area contributed by atoms with Crippen LogP contribution >= 0.6 is 11.8 Å². The summed E-state index contributed by atoms with van der Waals surface area (Å²) in [6, 6.07) is 0. The van der Waals surface area contributed by atoms with E-state index in [1.165, 1.54) is 0 Å². The van der Waals surface area contributed by atoms with Crippen molar-refractivity contribution in [2.24, 2.45) is 10.7 Å². The topological polar surface area (TPSA) is 87.4 Å². The van der Waals surface area contributed by atoms with Gasteiger partial charge in [0, 0.05) is 30.8 Å². The van der Waals surface area contributed by atoms with E-state index in [-0.39, 0.29) is 12.1 Å². The van der Waals surface area contributed by atoms with Crippen LogP contribution in [0.4, 0.5) is 0 Å². The number of aromatic nitrogens is 2. The van der Waals surface area contributed by atoms with Crippen LogP contribution in [0, 0.1) is 6.92 Å². The molecular formula is C11H17N5OS. The first-order valence-corrected chi connectivity index (χ1v) is 6.99. The summed E-state index contributed by atoms with van der Waals surface area (Å²) in [5.74, 6) is 3.26. The third-order valence-electron chi connectivity index (χ3n) is 2.75. The average Bonchev–Trinajstić information content (AvgIpc) is 2.38. The van der Waals surface area contributed by atoms with E-state index in [4.69, 9.17) is 5.73 Å². The third-order valence-corrected chi connectivity index (χ3v) is 3.69. The Morgan fingerprint density at radius 2 is 2.33 bits per heavy atom. The number of nitrogens with zero attached hydrogens (tertiary/aromatic N) is 3. The van der Waals surface area contributed by atoms with Gasteiger partial charge in [-0.3, -0.25) is 4.79 Å². The number of guanidine groups is 1. The number of aromatic amines is 1. The lowest BCUT2D eigenvalue weighted by Crippen LogP contribution is -2.42. The van der Waals surface area contributed by atoms with Crippen molar-refractivity contribution >= 4 is 17.7 Å². The summed E-state index contributed by atoms with van der Waals surface area (Å²) in [6.45, 7) is 3.86. The minimum absolute atomic E-state index is 0.145. The molecule has 1 aromatic rings. The Kier molecular flexibility index (Phi) is 4.24. The smallest absolute Gasteiger partial charge is 0.255 e. The first kappa shape index (κ1) is 12.9. The highest BCUT2D eigenvalue weighted by Gasteiger charge is 2.12.